The number of halogens is 1. The van der Waals surface area contributed by atoms with Gasteiger partial charge in [-0.2, -0.15) is 0 Å². The van der Waals surface area contributed by atoms with Crippen LogP contribution in [0.1, 0.15) is 12.5 Å². The maximum Gasteiger partial charge on any atom is 0.244 e. The average Bonchev–Trinajstić information content (AvgIpc) is 3.23. The predicted octanol–water partition coefficient (Wildman–Crippen LogP) is 4.30. The third-order valence-corrected chi connectivity index (χ3v) is 6.77. The molecule has 2 heterocycles. The van der Waals surface area contributed by atoms with Crippen LogP contribution in [0, 0.1) is 0 Å². The Bertz CT molecular complexity index is 1090. The summed E-state index contributed by atoms with van der Waals surface area (Å²) < 4.78 is 6.75. The Morgan fingerprint density at radius 3 is 2.81 bits per heavy atom. The van der Waals surface area contributed by atoms with Gasteiger partial charge >= 0.3 is 0 Å². The summed E-state index contributed by atoms with van der Waals surface area (Å²) in [5.74, 6) is 0.785. The maximum atomic E-state index is 12.1. The molecule has 1 aliphatic rings. The van der Waals surface area contributed by atoms with E-state index >= 15 is 0 Å². The van der Waals surface area contributed by atoms with E-state index in [1.54, 1.807) is 17.4 Å². The molecule has 0 radical (unpaired) electrons. The van der Waals surface area contributed by atoms with Crippen molar-refractivity contribution in [3.63, 3.8) is 0 Å². The molecule has 3 aromatic rings. The predicted molar refractivity (Wildman–Crippen MR) is 133 cm³/mol. The van der Waals surface area contributed by atoms with Gasteiger partial charge in [0.15, 0.2) is 5.13 Å². The van der Waals surface area contributed by atoms with Gasteiger partial charge in [-0.25, -0.2) is 4.98 Å². The lowest BCUT2D eigenvalue weighted by atomic mass is 10.2. The number of fused-ring (bicyclic) bond motifs is 1. The van der Waals surface area contributed by atoms with Gasteiger partial charge in [0.2, 0.25) is 5.91 Å². The van der Waals surface area contributed by atoms with Crippen LogP contribution in [-0.2, 0) is 4.79 Å². The summed E-state index contributed by atoms with van der Waals surface area (Å²) in [6.07, 6.45) is 3.27. The SMILES string of the molecule is CCOc1ccc2nc(N3CCN(CCNC(=O)/C=C/c4ccccc4Cl)CC3)sc2c1. The third kappa shape index (κ3) is 5.79. The zero-order valence-corrected chi connectivity index (χ0v) is 19.7. The van der Waals surface area contributed by atoms with Crippen LogP contribution in [-0.4, -0.2) is 61.7 Å². The van der Waals surface area contributed by atoms with Crippen molar-refractivity contribution in [3.8, 4) is 5.75 Å². The molecule has 1 fully saturated rings. The number of benzene rings is 2. The van der Waals surface area contributed by atoms with Gasteiger partial charge in [-0.05, 0) is 42.8 Å². The Morgan fingerprint density at radius 2 is 2.03 bits per heavy atom. The van der Waals surface area contributed by atoms with Crippen LogP contribution in [0.25, 0.3) is 16.3 Å². The van der Waals surface area contributed by atoms with Gasteiger partial charge in [0, 0.05) is 50.4 Å². The quantitative estimate of drug-likeness (QED) is 0.497. The second kappa shape index (κ2) is 10.8. The molecule has 4 rings (SSSR count). The molecule has 0 saturated carbocycles. The minimum Gasteiger partial charge on any atom is -0.494 e. The standard InChI is InChI=1S/C24H27ClN4O2S/c1-2-31-19-8-9-21-22(17-19)32-24(27-21)29-15-13-28(14-16-29)12-11-26-23(30)10-7-18-5-3-4-6-20(18)25/h3-10,17H,2,11-16H2,1H3,(H,26,30)/b10-7+. The van der Waals surface area contributed by atoms with Crippen molar-refractivity contribution in [2.24, 2.45) is 0 Å². The number of aromatic nitrogens is 1. The van der Waals surface area contributed by atoms with Crippen LogP contribution >= 0.6 is 22.9 Å². The lowest BCUT2D eigenvalue weighted by molar-refractivity contribution is -0.116. The van der Waals surface area contributed by atoms with E-state index in [1.807, 2.05) is 43.3 Å². The van der Waals surface area contributed by atoms with E-state index in [1.165, 1.54) is 6.08 Å². The molecule has 32 heavy (non-hydrogen) atoms. The largest absolute Gasteiger partial charge is 0.494 e. The molecule has 168 valence electrons. The highest BCUT2D eigenvalue weighted by Crippen LogP contribution is 2.31. The molecule has 0 bridgehead atoms. The third-order valence-electron chi connectivity index (χ3n) is 5.35. The summed E-state index contributed by atoms with van der Waals surface area (Å²) in [5.41, 5.74) is 1.85. The number of nitrogens with zero attached hydrogens (tertiary/aromatic N) is 3. The first-order valence-electron chi connectivity index (χ1n) is 10.8. The summed E-state index contributed by atoms with van der Waals surface area (Å²) in [7, 11) is 0. The molecule has 1 amide bonds. The fraction of sp³-hybridized carbons (Fsp3) is 0.333. The molecular formula is C24H27ClN4O2S. The van der Waals surface area contributed by atoms with Crippen LogP contribution in [0.2, 0.25) is 5.02 Å². The summed E-state index contributed by atoms with van der Waals surface area (Å²) >= 11 is 7.82. The van der Waals surface area contributed by atoms with Gasteiger partial charge in [-0.1, -0.05) is 41.1 Å². The van der Waals surface area contributed by atoms with Crippen LogP contribution in [0.5, 0.6) is 5.75 Å². The molecule has 1 N–H and O–H groups in total. The molecule has 6 nitrogen and oxygen atoms in total. The molecule has 1 aliphatic heterocycles. The minimum atomic E-state index is -0.107. The highest BCUT2D eigenvalue weighted by molar-refractivity contribution is 7.22. The number of ether oxygens (including phenoxy) is 1. The van der Waals surface area contributed by atoms with Crippen LogP contribution in [0.15, 0.2) is 48.5 Å². The lowest BCUT2D eigenvalue weighted by Gasteiger charge is -2.34. The highest BCUT2D eigenvalue weighted by atomic mass is 35.5. The van der Waals surface area contributed by atoms with Gasteiger partial charge in [-0.15, -0.1) is 0 Å². The number of anilines is 1. The fourth-order valence-electron chi connectivity index (χ4n) is 3.62. The zero-order valence-electron chi connectivity index (χ0n) is 18.1. The number of hydrogen-bond acceptors (Lipinski definition) is 6. The van der Waals surface area contributed by atoms with Crippen LogP contribution in [0.3, 0.4) is 0 Å². The topological polar surface area (TPSA) is 57.7 Å². The first-order valence-corrected chi connectivity index (χ1v) is 12.0. The van der Waals surface area contributed by atoms with Crippen molar-refractivity contribution in [1.29, 1.82) is 0 Å². The molecular weight excluding hydrogens is 444 g/mol. The molecule has 0 unspecified atom stereocenters. The smallest absolute Gasteiger partial charge is 0.244 e. The number of rotatable bonds is 8. The van der Waals surface area contributed by atoms with Gasteiger partial charge in [0.25, 0.3) is 0 Å². The highest BCUT2D eigenvalue weighted by Gasteiger charge is 2.19. The van der Waals surface area contributed by atoms with E-state index in [4.69, 9.17) is 21.3 Å². The van der Waals surface area contributed by atoms with Gasteiger partial charge in [0.1, 0.15) is 5.75 Å². The fourth-order valence-corrected chi connectivity index (χ4v) is 4.86. The number of nitrogens with one attached hydrogen (secondary N) is 1. The van der Waals surface area contributed by atoms with Crippen LogP contribution in [0.4, 0.5) is 5.13 Å². The number of carbonyl (C=O) groups is 1. The van der Waals surface area contributed by atoms with Crippen molar-refractivity contribution < 1.29 is 9.53 Å². The number of carbonyl (C=O) groups excluding carboxylic acids is 1. The minimum absolute atomic E-state index is 0.107. The van der Waals surface area contributed by atoms with Crippen LogP contribution < -0.4 is 15.0 Å². The summed E-state index contributed by atoms with van der Waals surface area (Å²) in [5, 5.41) is 4.65. The summed E-state index contributed by atoms with van der Waals surface area (Å²) in [4.78, 5) is 21.6. The second-order valence-electron chi connectivity index (χ2n) is 7.53. The van der Waals surface area contributed by atoms with E-state index in [2.05, 4.69) is 21.2 Å². The normalized spacial score (nSPS) is 14.9. The molecule has 1 saturated heterocycles. The summed E-state index contributed by atoms with van der Waals surface area (Å²) in [6, 6.07) is 13.5. The Labute approximate surface area is 197 Å². The van der Waals surface area contributed by atoms with E-state index < -0.39 is 0 Å². The lowest BCUT2D eigenvalue weighted by Crippen LogP contribution is -2.48. The van der Waals surface area contributed by atoms with E-state index in [0.29, 0.717) is 18.2 Å². The van der Waals surface area contributed by atoms with Crippen molar-refractivity contribution >= 4 is 50.3 Å². The molecule has 2 aromatic carbocycles. The van der Waals surface area contributed by atoms with Crippen molar-refractivity contribution in [2.75, 3.05) is 50.8 Å². The number of piperazine rings is 1. The number of thiazole rings is 1. The van der Waals surface area contributed by atoms with E-state index in [9.17, 15) is 4.79 Å². The first-order chi connectivity index (χ1) is 15.6. The Hall–Kier alpha value is -2.61. The van der Waals surface area contributed by atoms with Crippen molar-refractivity contribution in [1.82, 2.24) is 15.2 Å². The van der Waals surface area contributed by atoms with Crippen molar-refractivity contribution in [2.45, 2.75) is 6.92 Å². The van der Waals surface area contributed by atoms with Gasteiger partial charge in [-0.3, -0.25) is 9.69 Å². The monoisotopic (exact) mass is 470 g/mol. The van der Waals surface area contributed by atoms with E-state index in [-0.39, 0.29) is 5.91 Å². The average molecular weight is 471 g/mol. The van der Waals surface area contributed by atoms with Gasteiger partial charge in [0.05, 0.1) is 16.8 Å². The molecule has 8 heteroatoms. The van der Waals surface area contributed by atoms with E-state index in [0.717, 1.165) is 59.4 Å². The molecule has 0 atom stereocenters. The number of hydrogen-bond donors (Lipinski definition) is 1. The Balaban J connectivity index is 1.21. The van der Waals surface area contributed by atoms with Crippen molar-refractivity contribution in [3.05, 3.63) is 59.1 Å². The summed E-state index contributed by atoms with van der Waals surface area (Å²) in [6.45, 7) is 7.86. The second-order valence-corrected chi connectivity index (χ2v) is 8.95. The zero-order chi connectivity index (χ0) is 22.3. The maximum absolute atomic E-state index is 12.1. The van der Waals surface area contributed by atoms with Gasteiger partial charge < -0.3 is 15.0 Å². The Morgan fingerprint density at radius 1 is 1.22 bits per heavy atom. The molecule has 1 aromatic heterocycles. The molecule has 0 spiro atoms. The molecule has 0 aliphatic carbocycles. The Kier molecular flexibility index (Phi) is 7.63. The first kappa shape index (κ1) is 22.6. The number of amides is 1.